The lowest BCUT2D eigenvalue weighted by Gasteiger charge is -2.35. The molecule has 3 rings (SSSR count). The number of hydrogen-bond acceptors (Lipinski definition) is 5. The van der Waals surface area contributed by atoms with Gasteiger partial charge in [0.1, 0.15) is 0 Å². The van der Waals surface area contributed by atoms with Crippen LogP contribution in [-0.2, 0) is 20.8 Å². The van der Waals surface area contributed by atoms with Crippen LogP contribution >= 0.6 is 0 Å². The topological polar surface area (TPSA) is 67.9 Å². The van der Waals surface area contributed by atoms with Gasteiger partial charge >= 0.3 is 5.97 Å². The zero-order valence-electron chi connectivity index (χ0n) is 17.7. The van der Waals surface area contributed by atoms with Crippen LogP contribution in [0.3, 0.4) is 0 Å². The summed E-state index contributed by atoms with van der Waals surface area (Å²) in [5.41, 5.74) is 1.62. The molecule has 0 bridgehead atoms. The van der Waals surface area contributed by atoms with Gasteiger partial charge in [-0.3, -0.25) is 9.69 Å². The fourth-order valence-corrected chi connectivity index (χ4v) is 4.33. The highest BCUT2D eigenvalue weighted by Crippen LogP contribution is 2.22. The van der Waals surface area contributed by atoms with Gasteiger partial charge in [0.05, 0.1) is 17.8 Å². The van der Waals surface area contributed by atoms with Gasteiger partial charge in [0.25, 0.3) is 5.91 Å². The van der Waals surface area contributed by atoms with Crippen molar-refractivity contribution in [2.45, 2.75) is 64.7 Å². The molecule has 1 amide bonds. The molecule has 6 nitrogen and oxygen atoms in total. The number of ether oxygens (including phenoxy) is 2. The average molecular weight is 403 g/mol. The van der Waals surface area contributed by atoms with Crippen LogP contribution in [-0.4, -0.2) is 55.2 Å². The third kappa shape index (κ3) is 7.12. The van der Waals surface area contributed by atoms with Crippen molar-refractivity contribution >= 4 is 11.9 Å². The van der Waals surface area contributed by atoms with E-state index in [1.54, 1.807) is 12.1 Å². The molecule has 1 saturated carbocycles. The van der Waals surface area contributed by atoms with Crippen molar-refractivity contribution in [1.82, 2.24) is 10.2 Å². The number of morpholine rings is 1. The monoisotopic (exact) mass is 402 g/mol. The molecule has 0 spiro atoms. The Morgan fingerprint density at radius 2 is 1.72 bits per heavy atom. The van der Waals surface area contributed by atoms with Crippen LogP contribution in [0.1, 0.15) is 61.9 Å². The number of benzene rings is 1. The minimum Gasteiger partial charge on any atom is -0.452 e. The summed E-state index contributed by atoms with van der Waals surface area (Å²) in [5, 5.41) is 2.89. The molecule has 160 valence electrons. The number of esters is 1. The van der Waals surface area contributed by atoms with Gasteiger partial charge in [-0.25, -0.2) is 4.79 Å². The summed E-state index contributed by atoms with van der Waals surface area (Å²) < 4.78 is 10.9. The molecule has 2 atom stereocenters. The summed E-state index contributed by atoms with van der Waals surface area (Å²) in [4.78, 5) is 26.5. The minimum absolute atomic E-state index is 0.225. The van der Waals surface area contributed by atoms with Gasteiger partial charge in [-0.05, 0) is 50.3 Å². The Kier molecular flexibility index (Phi) is 8.07. The molecule has 1 saturated heterocycles. The maximum atomic E-state index is 12.2. The minimum atomic E-state index is -0.460. The molecule has 2 unspecified atom stereocenters. The summed E-state index contributed by atoms with van der Waals surface area (Å²) in [6.07, 6.45) is 6.61. The molecule has 1 heterocycles. The zero-order chi connectivity index (χ0) is 20.6. The van der Waals surface area contributed by atoms with E-state index in [-0.39, 0.29) is 24.7 Å². The standard InChI is InChI=1S/C23H34N2O4/c1-17-13-25(14-18(2)29-17)15-20-8-10-21(11-9-20)23(27)28-16-22(26)24-12-19-6-4-3-5-7-19/h8-11,17-19H,3-7,12-16H2,1-2H3,(H,24,26). The first-order valence-corrected chi connectivity index (χ1v) is 10.9. The highest BCUT2D eigenvalue weighted by atomic mass is 16.5. The summed E-state index contributed by atoms with van der Waals surface area (Å²) in [5.74, 6) is -0.123. The van der Waals surface area contributed by atoms with Gasteiger partial charge in [0.15, 0.2) is 6.61 Å². The summed E-state index contributed by atoms with van der Waals surface area (Å²) >= 11 is 0. The van der Waals surface area contributed by atoms with Crippen molar-refractivity contribution in [3.8, 4) is 0 Å². The van der Waals surface area contributed by atoms with Gasteiger partial charge in [-0.2, -0.15) is 0 Å². The Morgan fingerprint density at radius 1 is 1.07 bits per heavy atom. The van der Waals surface area contributed by atoms with Crippen LogP contribution < -0.4 is 5.32 Å². The van der Waals surface area contributed by atoms with E-state index >= 15 is 0 Å². The third-order valence-corrected chi connectivity index (χ3v) is 5.74. The van der Waals surface area contributed by atoms with Gasteiger partial charge in [-0.1, -0.05) is 31.4 Å². The maximum Gasteiger partial charge on any atom is 0.338 e. The second-order valence-corrected chi connectivity index (χ2v) is 8.53. The lowest BCUT2D eigenvalue weighted by molar-refractivity contribution is -0.124. The van der Waals surface area contributed by atoms with Crippen molar-refractivity contribution in [1.29, 1.82) is 0 Å². The number of nitrogens with one attached hydrogen (secondary N) is 1. The van der Waals surface area contributed by atoms with Gasteiger partial charge in [0.2, 0.25) is 0 Å². The molecule has 0 radical (unpaired) electrons. The SMILES string of the molecule is CC1CN(Cc2ccc(C(=O)OCC(=O)NCC3CCCCC3)cc2)CC(C)O1. The van der Waals surface area contributed by atoms with E-state index in [9.17, 15) is 9.59 Å². The maximum absolute atomic E-state index is 12.2. The molecular weight excluding hydrogens is 368 g/mol. The average Bonchev–Trinajstić information content (AvgIpc) is 2.71. The number of hydrogen-bond donors (Lipinski definition) is 1. The van der Waals surface area contributed by atoms with Gasteiger partial charge in [0, 0.05) is 26.2 Å². The molecule has 0 aromatic heterocycles. The van der Waals surface area contributed by atoms with E-state index in [0.29, 0.717) is 18.0 Å². The second kappa shape index (κ2) is 10.7. The molecule has 2 aliphatic rings. The van der Waals surface area contributed by atoms with E-state index in [2.05, 4.69) is 24.1 Å². The molecule has 1 aliphatic heterocycles. The fraction of sp³-hybridized carbons (Fsp3) is 0.652. The van der Waals surface area contributed by atoms with Crippen LogP contribution in [0.15, 0.2) is 24.3 Å². The Labute approximate surface area is 173 Å². The first-order chi connectivity index (χ1) is 14.0. The first-order valence-electron chi connectivity index (χ1n) is 10.9. The van der Waals surface area contributed by atoms with Crippen LogP contribution in [0.2, 0.25) is 0 Å². The molecule has 1 aromatic carbocycles. The Morgan fingerprint density at radius 3 is 2.38 bits per heavy atom. The van der Waals surface area contributed by atoms with Crippen LogP contribution in [0, 0.1) is 5.92 Å². The predicted molar refractivity (Wildman–Crippen MR) is 112 cm³/mol. The highest BCUT2D eigenvalue weighted by Gasteiger charge is 2.22. The molecule has 1 aromatic rings. The lowest BCUT2D eigenvalue weighted by Crippen LogP contribution is -2.44. The van der Waals surface area contributed by atoms with E-state index < -0.39 is 5.97 Å². The first kappa shape index (κ1) is 21.8. The van der Waals surface area contributed by atoms with Crippen molar-refractivity contribution in [3.63, 3.8) is 0 Å². The van der Waals surface area contributed by atoms with Crippen molar-refractivity contribution in [2.24, 2.45) is 5.92 Å². The van der Waals surface area contributed by atoms with Crippen molar-refractivity contribution in [3.05, 3.63) is 35.4 Å². The number of amides is 1. The van der Waals surface area contributed by atoms with Gasteiger partial charge < -0.3 is 14.8 Å². The fourth-order valence-electron chi connectivity index (χ4n) is 4.33. The smallest absolute Gasteiger partial charge is 0.338 e. The number of carbonyl (C=O) groups is 2. The number of carbonyl (C=O) groups excluding carboxylic acids is 2. The zero-order valence-corrected chi connectivity index (χ0v) is 17.7. The predicted octanol–water partition coefficient (Wildman–Crippen LogP) is 3.15. The molecule has 6 heteroatoms. The second-order valence-electron chi connectivity index (χ2n) is 8.53. The van der Waals surface area contributed by atoms with Crippen LogP contribution in [0.4, 0.5) is 0 Å². The molecule has 1 N–H and O–H groups in total. The lowest BCUT2D eigenvalue weighted by atomic mass is 9.89. The van der Waals surface area contributed by atoms with Crippen molar-refractivity contribution < 1.29 is 19.1 Å². The Bertz CT molecular complexity index is 660. The largest absolute Gasteiger partial charge is 0.452 e. The highest BCUT2D eigenvalue weighted by molar-refractivity contribution is 5.91. The summed E-state index contributed by atoms with van der Waals surface area (Å²) in [6, 6.07) is 7.44. The quantitative estimate of drug-likeness (QED) is 0.710. The van der Waals surface area contributed by atoms with E-state index in [4.69, 9.17) is 9.47 Å². The van der Waals surface area contributed by atoms with E-state index in [0.717, 1.165) is 25.2 Å². The molecule has 1 aliphatic carbocycles. The van der Waals surface area contributed by atoms with Gasteiger partial charge in [-0.15, -0.1) is 0 Å². The third-order valence-electron chi connectivity index (χ3n) is 5.74. The Balaban J connectivity index is 1.39. The molecule has 2 fully saturated rings. The normalized spacial score (nSPS) is 23.5. The van der Waals surface area contributed by atoms with E-state index in [1.807, 2.05) is 12.1 Å². The summed E-state index contributed by atoms with van der Waals surface area (Å²) in [6.45, 7) is 7.28. The number of rotatable bonds is 7. The van der Waals surface area contributed by atoms with Crippen LogP contribution in [0.5, 0.6) is 0 Å². The van der Waals surface area contributed by atoms with E-state index in [1.165, 1.54) is 32.1 Å². The number of nitrogens with zero attached hydrogens (tertiary/aromatic N) is 1. The molecule has 29 heavy (non-hydrogen) atoms. The van der Waals surface area contributed by atoms with Crippen molar-refractivity contribution in [2.75, 3.05) is 26.2 Å². The van der Waals surface area contributed by atoms with Crippen LogP contribution in [0.25, 0.3) is 0 Å². The Hall–Kier alpha value is -1.92. The molecular formula is C23H34N2O4. The summed E-state index contributed by atoms with van der Waals surface area (Å²) in [7, 11) is 0.